The lowest BCUT2D eigenvalue weighted by atomic mass is 9.96. The van der Waals surface area contributed by atoms with Gasteiger partial charge in [-0.05, 0) is 11.5 Å². The third-order valence-corrected chi connectivity index (χ3v) is 3.39. The van der Waals surface area contributed by atoms with Crippen LogP contribution in [0.2, 0.25) is 0 Å². The Bertz CT molecular complexity index is 417. The highest BCUT2D eigenvalue weighted by Crippen LogP contribution is 2.19. The summed E-state index contributed by atoms with van der Waals surface area (Å²) in [6.45, 7) is 2.85. The van der Waals surface area contributed by atoms with E-state index >= 15 is 0 Å². The highest BCUT2D eigenvalue weighted by molar-refractivity contribution is 5.67. The number of likely N-dealkylation sites (tertiary alicyclic amines) is 1. The molecule has 20 heavy (non-hydrogen) atoms. The number of nitrogens with zero attached hydrogens (tertiary/aromatic N) is 1. The van der Waals surface area contributed by atoms with Gasteiger partial charge in [-0.3, -0.25) is 9.69 Å². The number of carboxylic acids is 1. The predicted molar refractivity (Wildman–Crippen MR) is 74.3 cm³/mol. The van der Waals surface area contributed by atoms with Crippen molar-refractivity contribution in [3.8, 4) is 0 Å². The topological polar surface area (TPSA) is 70.0 Å². The molecule has 2 rings (SSSR count). The van der Waals surface area contributed by atoms with Crippen LogP contribution in [0, 0.1) is 5.92 Å². The van der Waals surface area contributed by atoms with Crippen LogP contribution < -0.4 is 0 Å². The molecule has 0 radical (unpaired) electrons. The molecule has 0 aliphatic carbocycles. The Labute approximate surface area is 118 Å². The maximum Gasteiger partial charge on any atom is 0.303 e. The van der Waals surface area contributed by atoms with Gasteiger partial charge in [-0.15, -0.1) is 0 Å². The van der Waals surface area contributed by atoms with Gasteiger partial charge in [-0.25, -0.2) is 0 Å². The van der Waals surface area contributed by atoms with E-state index in [1.54, 1.807) is 0 Å². The molecular weight excluding hydrogens is 258 g/mol. The molecule has 0 amide bonds. The molecule has 0 saturated carbocycles. The fourth-order valence-electron chi connectivity index (χ4n) is 2.44. The lowest BCUT2D eigenvalue weighted by molar-refractivity contribution is -0.139. The lowest BCUT2D eigenvalue weighted by Crippen LogP contribution is -2.50. The molecule has 2 N–H and O–H groups in total. The van der Waals surface area contributed by atoms with Crippen LogP contribution in [0.15, 0.2) is 30.3 Å². The van der Waals surface area contributed by atoms with Crippen molar-refractivity contribution in [2.75, 3.05) is 26.2 Å². The zero-order chi connectivity index (χ0) is 14.4. The third kappa shape index (κ3) is 4.92. The van der Waals surface area contributed by atoms with E-state index in [2.05, 4.69) is 4.90 Å². The number of hydrogen-bond donors (Lipinski definition) is 2. The van der Waals surface area contributed by atoms with Crippen LogP contribution in [0.25, 0.3) is 0 Å². The number of β-amino-alcohol motifs (C(OH)–C–C–N with tert-alkyl or cyclic N) is 1. The van der Waals surface area contributed by atoms with E-state index < -0.39 is 12.1 Å². The fraction of sp³-hybridized carbons (Fsp3) is 0.533. The lowest BCUT2D eigenvalue weighted by Gasteiger charge is -2.39. The number of aliphatic carboxylic acids is 1. The molecule has 1 saturated heterocycles. The molecular formula is C15H21NO4. The average molecular weight is 279 g/mol. The first-order chi connectivity index (χ1) is 9.63. The van der Waals surface area contributed by atoms with Gasteiger partial charge >= 0.3 is 5.97 Å². The summed E-state index contributed by atoms with van der Waals surface area (Å²) >= 11 is 0. The summed E-state index contributed by atoms with van der Waals surface area (Å²) in [4.78, 5) is 12.6. The minimum atomic E-state index is -0.749. The monoisotopic (exact) mass is 279 g/mol. The van der Waals surface area contributed by atoms with Crippen molar-refractivity contribution in [1.82, 2.24) is 4.90 Å². The van der Waals surface area contributed by atoms with Crippen molar-refractivity contribution in [2.24, 2.45) is 5.92 Å². The highest BCUT2D eigenvalue weighted by atomic mass is 16.5. The number of rotatable bonds is 8. The first-order valence-electron chi connectivity index (χ1n) is 6.87. The summed E-state index contributed by atoms with van der Waals surface area (Å²) in [5.41, 5.74) is 1.09. The number of aliphatic hydroxyl groups excluding tert-OH is 1. The maximum absolute atomic E-state index is 10.5. The number of hydrogen-bond acceptors (Lipinski definition) is 4. The Hall–Kier alpha value is -1.43. The molecule has 0 bridgehead atoms. The quantitative estimate of drug-likeness (QED) is 0.742. The third-order valence-electron chi connectivity index (χ3n) is 3.39. The smallest absolute Gasteiger partial charge is 0.303 e. The Morgan fingerprint density at radius 2 is 2.05 bits per heavy atom. The van der Waals surface area contributed by atoms with Crippen LogP contribution in [0.5, 0.6) is 0 Å². The van der Waals surface area contributed by atoms with Gasteiger partial charge in [0.1, 0.15) is 0 Å². The molecule has 5 heteroatoms. The molecule has 1 unspecified atom stereocenters. The fourth-order valence-corrected chi connectivity index (χ4v) is 2.44. The molecule has 1 aliphatic heterocycles. The van der Waals surface area contributed by atoms with Gasteiger partial charge in [0.25, 0.3) is 0 Å². The number of carboxylic acid groups (broad SMARTS) is 1. The second-order valence-corrected chi connectivity index (χ2v) is 5.34. The van der Waals surface area contributed by atoms with Crippen LogP contribution in [-0.2, 0) is 16.1 Å². The maximum atomic E-state index is 10.5. The van der Waals surface area contributed by atoms with Crippen LogP contribution in [0.1, 0.15) is 12.0 Å². The van der Waals surface area contributed by atoms with Crippen molar-refractivity contribution in [1.29, 1.82) is 0 Å². The van der Waals surface area contributed by atoms with E-state index in [1.807, 2.05) is 30.3 Å². The SMILES string of the molecule is O=C(O)CC1CN(CC(O)COCc2ccccc2)C1. The largest absolute Gasteiger partial charge is 0.481 e. The molecule has 0 aromatic heterocycles. The van der Waals surface area contributed by atoms with E-state index in [4.69, 9.17) is 9.84 Å². The van der Waals surface area contributed by atoms with Gasteiger partial charge in [0.05, 0.1) is 25.7 Å². The summed E-state index contributed by atoms with van der Waals surface area (Å²) in [7, 11) is 0. The van der Waals surface area contributed by atoms with E-state index in [0.717, 1.165) is 18.7 Å². The highest BCUT2D eigenvalue weighted by Gasteiger charge is 2.29. The molecule has 1 aromatic rings. The predicted octanol–water partition coefficient (Wildman–Crippen LogP) is 0.971. The minimum Gasteiger partial charge on any atom is -0.481 e. The zero-order valence-corrected chi connectivity index (χ0v) is 11.4. The normalized spacial score (nSPS) is 17.6. The van der Waals surface area contributed by atoms with Gasteiger partial charge in [0, 0.05) is 19.6 Å². The molecule has 1 aliphatic rings. The number of benzene rings is 1. The van der Waals surface area contributed by atoms with Gasteiger partial charge in [0.2, 0.25) is 0 Å². The van der Waals surface area contributed by atoms with Crippen molar-refractivity contribution in [3.63, 3.8) is 0 Å². The van der Waals surface area contributed by atoms with E-state index in [0.29, 0.717) is 19.8 Å². The van der Waals surface area contributed by atoms with Crippen molar-refractivity contribution in [2.45, 2.75) is 19.1 Å². The average Bonchev–Trinajstić information content (AvgIpc) is 2.37. The molecule has 110 valence electrons. The standard InChI is InChI=1S/C15H21NO4/c17-14(9-16-7-13(8-16)6-15(18)19)11-20-10-12-4-2-1-3-5-12/h1-5,13-14,17H,6-11H2,(H,18,19). The number of aliphatic hydroxyl groups is 1. The Kier molecular flexibility index (Phi) is 5.52. The molecule has 5 nitrogen and oxygen atoms in total. The molecule has 1 fully saturated rings. The number of carbonyl (C=O) groups is 1. The van der Waals surface area contributed by atoms with Crippen LogP contribution in [0.4, 0.5) is 0 Å². The summed E-state index contributed by atoms with van der Waals surface area (Å²) in [5.74, 6) is -0.522. The summed E-state index contributed by atoms with van der Waals surface area (Å²) < 4.78 is 5.47. The van der Waals surface area contributed by atoms with E-state index in [1.165, 1.54) is 0 Å². The first kappa shape index (κ1) is 15.0. The second kappa shape index (κ2) is 7.38. The van der Waals surface area contributed by atoms with Gasteiger partial charge in [0.15, 0.2) is 0 Å². The van der Waals surface area contributed by atoms with Gasteiger partial charge in [-0.2, -0.15) is 0 Å². The second-order valence-electron chi connectivity index (χ2n) is 5.34. The Morgan fingerprint density at radius 1 is 1.35 bits per heavy atom. The summed E-state index contributed by atoms with van der Waals surface area (Å²) in [5, 5.41) is 18.5. The molecule has 1 aromatic carbocycles. The van der Waals surface area contributed by atoms with Crippen molar-refractivity contribution >= 4 is 5.97 Å². The summed E-state index contributed by atoms with van der Waals surface area (Å²) in [6, 6.07) is 9.84. The molecule has 1 atom stereocenters. The van der Waals surface area contributed by atoms with Gasteiger partial charge in [-0.1, -0.05) is 30.3 Å². The first-order valence-corrected chi connectivity index (χ1v) is 6.87. The Morgan fingerprint density at radius 3 is 2.70 bits per heavy atom. The van der Waals surface area contributed by atoms with Crippen molar-refractivity contribution in [3.05, 3.63) is 35.9 Å². The molecule has 1 heterocycles. The van der Waals surface area contributed by atoms with Crippen LogP contribution in [0.3, 0.4) is 0 Å². The van der Waals surface area contributed by atoms with E-state index in [9.17, 15) is 9.90 Å². The van der Waals surface area contributed by atoms with Crippen molar-refractivity contribution < 1.29 is 19.7 Å². The number of ether oxygens (including phenoxy) is 1. The minimum absolute atomic E-state index is 0.219. The molecule has 0 spiro atoms. The van der Waals surface area contributed by atoms with Gasteiger partial charge < -0.3 is 14.9 Å². The van der Waals surface area contributed by atoms with E-state index in [-0.39, 0.29) is 12.3 Å². The zero-order valence-electron chi connectivity index (χ0n) is 11.4. The summed E-state index contributed by atoms with van der Waals surface area (Å²) in [6.07, 6.45) is -0.304. The Balaban J connectivity index is 1.55. The van der Waals surface area contributed by atoms with Crippen LogP contribution >= 0.6 is 0 Å². The van der Waals surface area contributed by atoms with Crippen LogP contribution in [-0.4, -0.2) is 53.4 Å².